The molecule has 0 aromatic heterocycles. The molecule has 2 aliphatic rings. The second-order valence-electron chi connectivity index (χ2n) is 7.56. The van der Waals surface area contributed by atoms with E-state index in [1.165, 1.54) is 6.20 Å². The van der Waals surface area contributed by atoms with Crippen molar-refractivity contribution < 1.29 is 45.8 Å². The average molecular weight is 472 g/mol. The van der Waals surface area contributed by atoms with Crippen molar-refractivity contribution in [2.75, 3.05) is 18.5 Å². The molecule has 12 heteroatoms. The van der Waals surface area contributed by atoms with E-state index in [2.05, 4.69) is 5.32 Å². The Hall–Kier alpha value is -3.70. The molecular weight excluding hydrogens is 458 g/mol. The molecule has 0 bridgehead atoms. The number of halogens is 6. The van der Waals surface area contributed by atoms with Gasteiger partial charge in [0.05, 0.1) is 17.7 Å². The lowest BCUT2D eigenvalue weighted by atomic mass is 9.77. The van der Waals surface area contributed by atoms with Crippen molar-refractivity contribution in [3.05, 3.63) is 65.4 Å². The number of aliphatic carboxylic acids is 1. The lowest BCUT2D eigenvalue weighted by Gasteiger charge is -2.33. The molecule has 2 aromatic rings. The lowest BCUT2D eigenvalue weighted by molar-refractivity contribution is -0.147. The molecule has 0 radical (unpaired) electrons. The number of carboxylic acid groups (broad SMARTS) is 1. The summed E-state index contributed by atoms with van der Waals surface area (Å²) in [5.41, 5.74) is -3.37. The summed E-state index contributed by atoms with van der Waals surface area (Å²) in [5, 5.41) is 12.2. The third-order valence-corrected chi connectivity index (χ3v) is 5.45. The van der Waals surface area contributed by atoms with E-state index in [4.69, 9.17) is 4.74 Å². The SMILES string of the molecule is O=C(Nc1ccc(C(F)(F)F)cc1)N1C=C2c3ccc(C(F)(F)F)cc3OCC2(C(=O)O)C1. The molecule has 0 saturated heterocycles. The van der Waals surface area contributed by atoms with Gasteiger partial charge in [-0.25, -0.2) is 4.79 Å². The highest BCUT2D eigenvalue weighted by Gasteiger charge is 2.53. The molecule has 1 unspecified atom stereocenters. The summed E-state index contributed by atoms with van der Waals surface area (Å²) in [4.78, 5) is 25.8. The number of anilines is 1. The lowest BCUT2D eigenvalue weighted by Crippen LogP contribution is -2.45. The summed E-state index contributed by atoms with van der Waals surface area (Å²) in [6.07, 6.45) is -7.98. The van der Waals surface area contributed by atoms with Gasteiger partial charge in [0.25, 0.3) is 0 Å². The van der Waals surface area contributed by atoms with Gasteiger partial charge in [-0.2, -0.15) is 26.3 Å². The highest BCUT2D eigenvalue weighted by atomic mass is 19.4. The highest BCUT2D eigenvalue weighted by Crippen LogP contribution is 2.49. The van der Waals surface area contributed by atoms with Crippen LogP contribution in [0.1, 0.15) is 16.7 Å². The van der Waals surface area contributed by atoms with E-state index in [9.17, 15) is 41.0 Å². The smallest absolute Gasteiger partial charge is 0.416 e. The van der Waals surface area contributed by atoms with Crippen LogP contribution in [0.5, 0.6) is 5.75 Å². The van der Waals surface area contributed by atoms with E-state index in [-0.39, 0.29) is 29.1 Å². The summed E-state index contributed by atoms with van der Waals surface area (Å²) < 4.78 is 82.4. The number of amides is 2. The maximum atomic E-state index is 13.0. The first kappa shape index (κ1) is 22.5. The molecule has 0 spiro atoms. The molecule has 2 aliphatic heterocycles. The Labute approximate surface area is 182 Å². The fourth-order valence-corrected chi connectivity index (χ4v) is 3.71. The second-order valence-corrected chi connectivity index (χ2v) is 7.56. The van der Waals surface area contributed by atoms with E-state index < -0.39 is 47.5 Å². The molecule has 2 N–H and O–H groups in total. The summed E-state index contributed by atoms with van der Waals surface area (Å²) >= 11 is 0. The van der Waals surface area contributed by atoms with Crippen LogP contribution in [0, 0.1) is 5.41 Å². The molecule has 2 amide bonds. The number of nitrogens with one attached hydrogen (secondary N) is 1. The standard InChI is InChI=1S/C21H14F6N2O4/c22-20(23,24)11-1-4-13(5-2-11)28-18(32)29-8-15-14-6-3-12(21(25,26)27)7-16(14)33-10-19(15,9-29)17(30)31/h1-8H,9-10H2,(H,28,32)(H,30,31). The van der Waals surface area contributed by atoms with E-state index in [0.29, 0.717) is 0 Å². The maximum absolute atomic E-state index is 13.0. The van der Waals surface area contributed by atoms with Crippen molar-refractivity contribution in [1.82, 2.24) is 4.90 Å². The Morgan fingerprint density at radius 2 is 1.58 bits per heavy atom. The van der Waals surface area contributed by atoms with E-state index in [0.717, 1.165) is 47.4 Å². The summed E-state index contributed by atoms with van der Waals surface area (Å²) in [6.45, 7) is -0.892. The molecule has 6 nitrogen and oxygen atoms in total. The zero-order valence-electron chi connectivity index (χ0n) is 16.4. The molecular formula is C21H14F6N2O4. The highest BCUT2D eigenvalue weighted by molar-refractivity contribution is 6.00. The molecule has 174 valence electrons. The number of ether oxygens (including phenoxy) is 1. The van der Waals surface area contributed by atoms with Crippen molar-refractivity contribution in [3.8, 4) is 5.75 Å². The predicted molar refractivity (Wildman–Crippen MR) is 102 cm³/mol. The minimum Gasteiger partial charge on any atom is -0.491 e. The van der Waals surface area contributed by atoms with Gasteiger partial charge in [0, 0.05) is 23.0 Å². The van der Waals surface area contributed by atoms with E-state index in [1.807, 2.05) is 0 Å². The predicted octanol–water partition coefficient (Wildman–Crippen LogP) is 5.08. The molecule has 0 fully saturated rings. The zero-order valence-corrected chi connectivity index (χ0v) is 16.4. The number of carboxylic acids is 1. The molecule has 0 saturated carbocycles. The fraction of sp³-hybridized carbons (Fsp3) is 0.238. The first-order chi connectivity index (χ1) is 15.3. The number of urea groups is 1. The average Bonchev–Trinajstić information content (AvgIpc) is 3.14. The van der Waals surface area contributed by atoms with Gasteiger partial charge >= 0.3 is 24.4 Å². The third-order valence-electron chi connectivity index (χ3n) is 5.45. The van der Waals surface area contributed by atoms with Crippen LogP contribution >= 0.6 is 0 Å². The van der Waals surface area contributed by atoms with Crippen LogP contribution < -0.4 is 10.1 Å². The minimum atomic E-state index is -4.63. The van der Waals surface area contributed by atoms with Crippen molar-refractivity contribution in [2.24, 2.45) is 5.41 Å². The van der Waals surface area contributed by atoms with Gasteiger partial charge < -0.3 is 15.2 Å². The van der Waals surface area contributed by atoms with Gasteiger partial charge in [0.2, 0.25) is 0 Å². The molecule has 0 aliphatic carbocycles. The molecule has 4 rings (SSSR count). The Bertz CT molecular complexity index is 1160. The maximum Gasteiger partial charge on any atom is 0.416 e. The fourth-order valence-electron chi connectivity index (χ4n) is 3.71. The monoisotopic (exact) mass is 472 g/mol. The normalized spacial score (nSPS) is 19.8. The van der Waals surface area contributed by atoms with Crippen LogP contribution in [0.15, 0.2) is 48.7 Å². The second kappa shape index (κ2) is 7.42. The number of hydrogen-bond acceptors (Lipinski definition) is 3. The topological polar surface area (TPSA) is 78.9 Å². The minimum absolute atomic E-state index is 0.0390. The molecule has 33 heavy (non-hydrogen) atoms. The first-order valence-corrected chi connectivity index (χ1v) is 9.36. The summed E-state index contributed by atoms with van der Waals surface area (Å²) in [7, 11) is 0. The Morgan fingerprint density at radius 3 is 2.15 bits per heavy atom. The van der Waals surface area contributed by atoms with Crippen molar-refractivity contribution in [2.45, 2.75) is 12.4 Å². The number of nitrogens with zero attached hydrogens (tertiary/aromatic N) is 1. The third kappa shape index (κ3) is 3.96. The van der Waals surface area contributed by atoms with Crippen LogP contribution in [0.4, 0.5) is 36.8 Å². The van der Waals surface area contributed by atoms with Gasteiger partial charge in [-0.05, 0) is 36.4 Å². The van der Waals surface area contributed by atoms with Crippen molar-refractivity contribution in [3.63, 3.8) is 0 Å². The van der Waals surface area contributed by atoms with Gasteiger partial charge in [-0.1, -0.05) is 6.07 Å². The summed E-state index contributed by atoms with van der Waals surface area (Å²) in [6, 6.07) is 5.43. The number of hydrogen-bond donors (Lipinski definition) is 2. The number of rotatable bonds is 2. The zero-order chi connectivity index (χ0) is 24.2. The Morgan fingerprint density at radius 1 is 0.970 bits per heavy atom. The van der Waals surface area contributed by atoms with E-state index in [1.54, 1.807) is 0 Å². The molecule has 2 heterocycles. The number of carbonyl (C=O) groups excluding carboxylic acids is 1. The van der Waals surface area contributed by atoms with Gasteiger partial charge in [-0.3, -0.25) is 9.69 Å². The van der Waals surface area contributed by atoms with Crippen LogP contribution in [0.25, 0.3) is 5.57 Å². The molecule has 2 aromatic carbocycles. The van der Waals surface area contributed by atoms with E-state index >= 15 is 0 Å². The number of fused-ring (bicyclic) bond motifs is 3. The first-order valence-electron chi connectivity index (χ1n) is 9.36. The Balaban J connectivity index is 1.62. The van der Waals surface area contributed by atoms with Crippen LogP contribution in [0.3, 0.4) is 0 Å². The van der Waals surface area contributed by atoms with Gasteiger partial charge in [0.1, 0.15) is 17.8 Å². The quantitative estimate of drug-likeness (QED) is 0.598. The summed E-state index contributed by atoms with van der Waals surface area (Å²) in [5.74, 6) is -1.51. The Kier molecular flexibility index (Phi) is 5.06. The van der Waals surface area contributed by atoms with Crippen LogP contribution in [-0.2, 0) is 17.1 Å². The largest absolute Gasteiger partial charge is 0.491 e. The van der Waals surface area contributed by atoms with Gasteiger partial charge in [-0.15, -0.1) is 0 Å². The van der Waals surface area contributed by atoms with Crippen LogP contribution in [-0.4, -0.2) is 35.2 Å². The molecule has 1 atom stereocenters. The van der Waals surface area contributed by atoms with Gasteiger partial charge in [0.15, 0.2) is 0 Å². The van der Waals surface area contributed by atoms with Crippen molar-refractivity contribution >= 4 is 23.3 Å². The number of carbonyl (C=O) groups is 2. The number of benzene rings is 2. The van der Waals surface area contributed by atoms with Crippen LogP contribution in [0.2, 0.25) is 0 Å². The number of alkyl halides is 6. The van der Waals surface area contributed by atoms with Crippen molar-refractivity contribution in [1.29, 1.82) is 0 Å².